The Morgan fingerprint density at radius 1 is 0.964 bits per heavy atom. The number of carbonyl (C=O) groups excluding carboxylic acids is 2. The topological polar surface area (TPSA) is 88.7 Å². The third-order valence-electron chi connectivity index (χ3n) is 3.00. The Kier molecular flexibility index (Phi) is 8.78. The average molecular weight is 507 g/mol. The Balaban J connectivity index is 1.66. The minimum atomic E-state index is -0.538. The second-order valence-corrected chi connectivity index (χ2v) is 7.32. The summed E-state index contributed by atoms with van der Waals surface area (Å²) in [5, 5.41) is 2.97. The molecule has 0 radical (unpaired) electrons. The number of hydrogen-bond donors (Lipinski definition) is 3. The van der Waals surface area contributed by atoms with Gasteiger partial charge in [-0.05, 0) is 54.7 Å². The third-order valence-corrected chi connectivity index (χ3v) is 4.27. The number of hydrogen-bond acceptors (Lipinski definition) is 5. The van der Waals surface area contributed by atoms with Crippen molar-refractivity contribution in [3.8, 4) is 11.5 Å². The summed E-state index contributed by atoms with van der Waals surface area (Å²) < 4.78 is 11.5. The summed E-state index contributed by atoms with van der Waals surface area (Å²) in [4.78, 5) is 23.5. The van der Waals surface area contributed by atoms with Crippen LogP contribution in [-0.2, 0) is 9.59 Å². The van der Waals surface area contributed by atoms with Crippen molar-refractivity contribution in [3.63, 3.8) is 0 Å². The first-order valence-electron chi connectivity index (χ1n) is 7.68. The van der Waals surface area contributed by atoms with Gasteiger partial charge < -0.3 is 9.47 Å². The number of thiocarbonyl (C=S) groups is 1. The van der Waals surface area contributed by atoms with E-state index in [2.05, 4.69) is 32.1 Å². The van der Waals surface area contributed by atoms with E-state index in [0.717, 1.165) is 4.47 Å². The molecule has 2 aromatic rings. The van der Waals surface area contributed by atoms with Crippen molar-refractivity contribution in [3.05, 3.63) is 57.0 Å². The molecular weight excluding hydrogens is 493 g/mol. The lowest BCUT2D eigenvalue weighted by Crippen LogP contribution is -2.50. The molecule has 0 aliphatic heterocycles. The van der Waals surface area contributed by atoms with E-state index in [1.807, 2.05) is 0 Å². The molecule has 7 nitrogen and oxygen atoms in total. The molecule has 2 amide bonds. The molecule has 0 aliphatic rings. The van der Waals surface area contributed by atoms with Gasteiger partial charge >= 0.3 is 0 Å². The van der Waals surface area contributed by atoms with Crippen molar-refractivity contribution >= 4 is 68.3 Å². The van der Waals surface area contributed by atoms with Crippen LogP contribution in [0.4, 0.5) is 0 Å². The zero-order valence-electron chi connectivity index (χ0n) is 14.1. The lowest BCUT2D eigenvalue weighted by atomic mass is 10.3. The van der Waals surface area contributed by atoms with Crippen LogP contribution in [-0.4, -0.2) is 30.1 Å². The minimum absolute atomic E-state index is 0.104. The van der Waals surface area contributed by atoms with Gasteiger partial charge in [-0.1, -0.05) is 39.1 Å². The number of nitrogens with one attached hydrogen (secondary N) is 3. The first-order chi connectivity index (χ1) is 13.3. The van der Waals surface area contributed by atoms with Crippen molar-refractivity contribution in [1.29, 1.82) is 0 Å². The van der Waals surface area contributed by atoms with Gasteiger partial charge in [0, 0.05) is 9.50 Å². The van der Waals surface area contributed by atoms with Crippen LogP contribution in [0.2, 0.25) is 10.0 Å². The molecule has 11 heteroatoms. The molecule has 3 N–H and O–H groups in total. The van der Waals surface area contributed by atoms with Gasteiger partial charge in [0.05, 0.1) is 5.02 Å². The predicted octanol–water partition coefficient (Wildman–Crippen LogP) is 3.24. The summed E-state index contributed by atoms with van der Waals surface area (Å²) in [6.07, 6.45) is 0. The highest BCUT2D eigenvalue weighted by Gasteiger charge is 2.09. The van der Waals surface area contributed by atoms with Crippen molar-refractivity contribution in [2.75, 3.05) is 13.2 Å². The number of rotatable bonds is 6. The highest BCUT2D eigenvalue weighted by Crippen LogP contribution is 2.27. The number of benzene rings is 2. The smallest absolute Gasteiger partial charge is 0.276 e. The maximum absolute atomic E-state index is 11.8. The fourth-order valence-electron chi connectivity index (χ4n) is 1.77. The summed E-state index contributed by atoms with van der Waals surface area (Å²) in [5.41, 5.74) is 4.69. The van der Waals surface area contributed by atoms with E-state index in [1.165, 1.54) is 6.07 Å². The van der Waals surface area contributed by atoms with Crippen LogP contribution < -0.4 is 25.6 Å². The Hall–Kier alpha value is -2.07. The number of amides is 2. The van der Waals surface area contributed by atoms with Gasteiger partial charge in [0.25, 0.3) is 11.8 Å². The van der Waals surface area contributed by atoms with Gasteiger partial charge in [-0.25, -0.2) is 0 Å². The molecule has 2 rings (SSSR count). The van der Waals surface area contributed by atoms with E-state index >= 15 is 0 Å². The SMILES string of the molecule is O=C(COc1ccc(Br)cc1)NNC(=S)NC(=O)COc1ccc(Cl)cc1Cl. The maximum Gasteiger partial charge on any atom is 0.276 e. The fraction of sp³-hybridized carbons (Fsp3) is 0.118. The molecule has 0 saturated heterocycles. The lowest BCUT2D eigenvalue weighted by molar-refractivity contribution is -0.124. The molecule has 2 aromatic carbocycles. The molecular formula is C17H14BrCl2N3O4S. The van der Waals surface area contributed by atoms with Gasteiger partial charge in [0.2, 0.25) is 0 Å². The van der Waals surface area contributed by atoms with Gasteiger partial charge in [-0.15, -0.1) is 0 Å². The Morgan fingerprint density at radius 2 is 1.64 bits per heavy atom. The zero-order chi connectivity index (χ0) is 20.5. The molecule has 0 fully saturated rings. The summed E-state index contributed by atoms with van der Waals surface area (Å²) in [6.45, 7) is -0.562. The van der Waals surface area contributed by atoms with E-state index in [9.17, 15) is 9.59 Å². The highest BCUT2D eigenvalue weighted by molar-refractivity contribution is 9.10. The summed E-state index contributed by atoms with van der Waals surface area (Å²) in [5.74, 6) is -0.182. The van der Waals surface area contributed by atoms with Crippen LogP contribution in [0.5, 0.6) is 11.5 Å². The van der Waals surface area contributed by atoms with Gasteiger partial charge in [-0.3, -0.25) is 25.8 Å². The van der Waals surface area contributed by atoms with Gasteiger partial charge in [-0.2, -0.15) is 0 Å². The van der Waals surface area contributed by atoms with Crippen molar-refractivity contribution in [2.24, 2.45) is 0 Å². The normalized spacial score (nSPS) is 9.96. The summed E-state index contributed by atoms with van der Waals surface area (Å²) in [7, 11) is 0. The second kappa shape index (κ2) is 11.1. The van der Waals surface area contributed by atoms with Gasteiger partial charge in [0.1, 0.15) is 11.5 Å². The molecule has 0 bridgehead atoms. The molecule has 28 heavy (non-hydrogen) atoms. The number of carbonyl (C=O) groups is 2. The van der Waals surface area contributed by atoms with E-state index in [0.29, 0.717) is 16.5 Å². The van der Waals surface area contributed by atoms with Crippen molar-refractivity contribution in [1.82, 2.24) is 16.2 Å². The Bertz CT molecular complexity index is 868. The molecule has 148 valence electrons. The Labute approximate surface area is 184 Å². The summed E-state index contributed by atoms with van der Waals surface area (Å²) in [6, 6.07) is 11.6. The van der Waals surface area contributed by atoms with Crippen LogP contribution in [0, 0.1) is 0 Å². The largest absolute Gasteiger partial charge is 0.484 e. The van der Waals surface area contributed by atoms with E-state index in [1.54, 1.807) is 36.4 Å². The predicted molar refractivity (Wildman–Crippen MR) is 114 cm³/mol. The fourth-order valence-corrected chi connectivity index (χ4v) is 2.66. The molecule has 0 heterocycles. The number of ether oxygens (including phenoxy) is 2. The van der Waals surface area contributed by atoms with Crippen LogP contribution in [0.3, 0.4) is 0 Å². The van der Waals surface area contributed by atoms with Crippen LogP contribution >= 0.6 is 51.3 Å². The third kappa shape index (κ3) is 7.89. The molecule has 0 atom stereocenters. The first-order valence-corrected chi connectivity index (χ1v) is 9.64. The molecule has 0 aliphatic carbocycles. The van der Waals surface area contributed by atoms with Crippen LogP contribution in [0.15, 0.2) is 46.9 Å². The van der Waals surface area contributed by atoms with Crippen molar-refractivity contribution < 1.29 is 19.1 Å². The second-order valence-electron chi connectivity index (χ2n) is 5.16. The number of hydrazine groups is 1. The lowest BCUT2D eigenvalue weighted by Gasteiger charge is -2.12. The highest BCUT2D eigenvalue weighted by atomic mass is 79.9. The first kappa shape index (κ1) is 22.2. The standard InChI is InChI=1S/C17H14BrCl2N3O4S/c18-10-1-4-12(5-2-10)26-9-16(25)22-23-17(28)21-15(24)8-27-14-6-3-11(19)7-13(14)20/h1-7H,8-9H2,(H,22,25)(H2,21,23,24,28). The van der Waals surface area contributed by atoms with Crippen LogP contribution in [0.1, 0.15) is 0 Å². The molecule has 0 spiro atoms. The number of halogens is 3. The van der Waals surface area contributed by atoms with Crippen molar-refractivity contribution in [2.45, 2.75) is 0 Å². The van der Waals surface area contributed by atoms with Crippen LogP contribution in [0.25, 0.3) is 0 Å². The minimum Gasteiger partial charge on any atom is -0.484 e. The monoisotopic (exact) mass is 505 g/mol. The maximum atomic E-state index is 11.8. The quantitative estimate of drug-likeness (QED) is 0.411. The molecule has 0 unspecified atom stereocenters. The van der Waals surface area contributed by atoms with E-state index < -0.39 is 11.8 Å². The Morgan fingerprint density at radius 3 is 2.32 bits per heavy atom. The zero-order valence-corrected chi connectivity index (χ0v) is 18.0. The average Bonchev–Trinajstić information content (AvgIpc) is 2.65. The molecule has 0 saturated carbocycles. The van der Waals surface area contributed by atoms with E-state index in [4.69, 9.17) is 44.9 Å². The van der Waals surface area contributed by atoms with Gasteiger partial charge in [0.15, 0.2) is 18.3 Å². The summed E-state index contributed by atoms with van der Waals surface area (Å²) >= 11 is 19.9. The molecule has 0 aromatic heterocycles. The van der Waals surface area contributed by atoms with E-state index in [-0.39, 0.29) is 23.3 Å².